The predicted molar refractivity (Wildman–Crippen MR) is 82.1 cm³/mol. The molecule has 4 heteroatoms. The molecule has 0 saturated carbocycles. The van der Waals surface area contributed by atoms with Crippen LogP contribution < -0.4 is 0 Å². The van der Waals surface area contributed by atoms with Crippen molar-refractivity contribution in [1.82, 2.24) is 0 Å². The summed E-state index contributed by atoms with van der Waals surface area (Å²) in [5.41, 5.74) is 3.47. The van der Waals surface area contributed by atoms with Gasteiger partial charge in [0.2, 0.25) is 0 Å². The maximum absolute atomic E-state index is 10.7. The lowest BCUT2D eigenvalue weighted by atomic mass is 10.0. The molecule has 2 aromatic rings. The number of hydrogen-bond donors (Lipinski definition) is 0. The average molecular weight is 296 g/mol. The monoisotopic (exact) mass is 296 g/mol. The topological polar surface area (TPSA) is 44.8 Å². The standard InChI is InChI=1S/C18H16O4/c19-18-21-13-17(22-18)10-11-20-12-14-6-8-16(9-7-14)15-4-2-1-3-5-15/h1-10H,11-13H2/b17-10-. The molecule has 0 aromatic heterocycles. The number of hydrogen-bond acceptors (Lipinski definition) is 4. The molecule has 2 aromatic carbocycles. The average Bonchev–Trinajstić information content (AvgIpc) is 2.98. The zero-order valence-corrected chi connectivity index (χ0v) is 12.0. The van der Waals surface area contributed by atoms with Crippen LogP contribution in [0.25, 0.3) is 11.1 Å². The summed E-state index contributed by atoms with van der Waals surface area (Å²) in [5, 5.41) is 0. The summed E-state index contributed by atoms with van der Waals surface area (Å²) in [6.07, 6.45) is 1.06. The molecule has 1 heterocycles. The zero-order chi connectivity index (χ0) is 15.2. The van der Waals surface area contributed by atoms with Crippen LogP contribution in [0.1, 0.15) is 5.56 Å². The molecule has 0 unspecified atom stereocenters. The molecular formula is C18H16O4. The quantitative estimate of drug-likeness (QED) is 0.619. The van der Waals surface area contributed by atoms with Crippen LogP contribution >= 0.6 is 0 Å². The van der Waals surface area contributed by atoms with Crippen LogP contribution in [0.2, 0.25) is 0 Å². The summed E-state index contributed by atoms with van der Waals surface area (Å²) in [6.45, 7) is 1.08. The lowest BCUT2D eigenvalue weighted by Crippen LogP contribution is -1.95. The fourth-order valence-corrected chi connectivity index (χ4v) is 2.15. The second-order valence-corrected chi connectivity index (χ2v) is 4.89. The van der Waals surface area contributed by atoms with Crippen molar-refractivity contribution in [3.05, 3.63) is 72.0 Å². The molecule has 0 N–H and O–H groups in total. The first-order valence-electron chi connectivity index (χ1n) is 7.07. The van der Waals surface area contributed by atoms with Gasteiger partial charge in [-0.1, -0.05) is 54.6 Å². The summed E-state index contributed by atoms with van der Waals surface area (Å²) in [6, 6.07) is 18.5. The van der Waals surface area contributed by atoms with Crippen molar-refractivity contribution in [3.8, 4) is 11.1 Å². The Bertz CT molecular complexity index is 659. The van der Waals surface area contributed by atoms with Crippen LogP contribution in [0.15, 0.2) is 66.4 Å². The molecule has 0 bridgehead atoms. The van der Waals surface area contributed by atoms with E-state index < -0.39 is 6.16 Å². The van der Waals surface area contributed by atoms with Gasteiger partial charge in [0.05, 0.1) is 13.2 Å². The molecule has 0 radical (unpaired) electrons. The number of benzene rings is 2. The minimum absolute atomic E-state index is 0.188. The fraction of sp³-hybridized carbons (Fsp3) is 0.167. The van der Waals surface area contributed by atoms with Crippen molar-refractivity contribution >= 4 is 6.16 Å². The molecule has 4 nitrogen and oxygen atoms in total. The molecule has 0 amide bonds. The third kappa shape index (κ3) is 3.74. The third-order valence-corrected chi connectivity index (χ3v) is 3.31. The maximum atomic E-state index is 10.7. The van der Waals surface area contributed by atoms with Gasteiger partial charge in [-0.05, 0) is 22.8 Å². The lowest BCUT2D eigenvalue weighted by Gasteiger charge is -2.05. The van der Waals surface area contributed by atoms with Gasteiger partial charge in [-0.2, -0.15) is 0 Å². The van der Waals surface area contributed by atoms with Crippen LogP contribution in [0.5, 0.6) is 0 Å². The Labute approximate surface area is 128 Å². The van der Waals surface area contributed by atoms with Gasteiger partial charge in [0, 0.05) is 0 Å². The van der Waals surface area contributed by atoms with Gasteiger partial charge in [0.15, 0.2) is 6.61 Å². The number of ether oxygens (including phenoxy) is 3. The van der Waals surface area contributed by atoms with Crippen LogP contribution in [0.3, 0.4) is 0 Å². The molecular weight excluding hydrogens is 280 g/mol. The van der Waals surface area contributed by atoms with Gasteiger partial charge >= 0.3 is 6.16 Å². The van der Waals surface area contributed by atoms with Gasteiger partial charge in [-0.15, -0.1) is 0 Å². The molecule has 1 fully saturated rings. The van der Waals surface area contributed by atoms with Crippen molar-refractivity contribution in [2.24, 2.45) is 0 Å². The Balaban J connectivity index is 1.50. The van der Waals surface area contributed by atoms with Gasteiger partial charge in [0.1, 0.15) is 5.76 Å². The zero-order valence-electron chi connectivity index (χ0n) is 12.0. The van der Waals surface area contributed by atoms with Gasteiger partial charge < -0.3 is 14.2 Å². The molecule has 1 saturated heterocycles. The summed E-state index contributed by atoms with van der Waals surface area (Å²) >= 11 is 0. The molecule has 0 spiro atoms. The van der Waals surface area contributed by atoms with Crippen molar-refractivity contribution < 1.29 is 19.0 Å². The largest absolute Gasteiger partial charge is 0.514 e. The van der Waals surface area contributed by atoms with Crippen LogP contribution in [-0.4, -0.2) is 19.4 Å². The van der Waals surface area contributed by atoms with E-state index in [-0.39, 0.29) is 6.61 Å². The Hall–Kier alpha value is -2.59. The summed E-state index contributed by atoms with van der Waals surface area (Å²) in [5.74, 6) is 0.504. The van der Waals surface area contributed by atoms with Gasteiger partial charge in [-0.3, -0.25) is 0 Å². The molecule has 0 aliphatic carbocycles. The Kier molecular flexibility index (Phi) is 4.51. The van der Waals surface area contributed by atoms with E-state index in [1.54, 1.807) is 6.08 Å². The van der Waals surface area contributed by atoms with Crippen LogP contribution in [-0.2, 0) is 20.8 Å². The van der Waals surface area contributed by atoms with E-state index in [0.717, 1.165) is 5.56 Å². The minimum atomic E-state index is -0.650. The number of cyclic esters (lactones) is 2. The lowest BCUT2D eigenvalue weighted by molar-refractivity contribution is 0.134. The van der Waals surface area contributed by atoms with Crippen LogP contribution in [0.4, 0.5) is 4.79 Å². The smallest absolute Gasteiger partial charge is 0.426 e. The highest BCUT2D eigenvalue weighted by Gasteiger charge is 2.17. The normalized spacial score (nSPS) is 15.6. The fourth-order valence-electron chi connectivity index (χ4n) is 2.15. The SMILES string of the molecule is O=C1OC/C(=C/COCc2ccc(-c3ccccc3)cc2)O1. The molecule has 0 atom stereocenters. The van der Waals surface area contributed by atoms with Crippen LogP contribution in [0, 0.1) is 0 Å². The number of carbonyl (C=O) groups is 1. The van der Waals surface area contributed by atoms with E-state index >= 15 is 0 Å². The third-order valence-electron chi connectivity index (χ3n) is 3.31. The van der Waals surface area contributed by atoms with E-state index in [0.29, 0.717) is 19.0 Å². The highest BCUT2D eigenvalue weighted by atomic mass is 16.8. The van der Waals surface area contributed by atoms with Crippen molar-refractivity contribution in [3.63, 3.8) is 0 Å². The van der Waals surface area contributed by atoms with E-state index in [1.165, 1.54) is 11.1 Å². The molecule has 22 heavy (non-hydrogen) atoms. The van der Waals surface area contributed by atoms with E-state index in [9.17, 15) is 4.79 Å². The van der Waals surface area contributed by atoms with Gasteiger partial charge in [-0.25, -0.2) is 4.79 Å². The summed E-state index contributed by atoms with van der Waals surface area (Å²) in [7, 11) is 0. The Morgan fingerprint density at radius 2 is 1.73 bits per heavy atom. The maximum Gasteiger partial charge on any atom is 0.514 e. The highest BCUT2D eigenvalue weighted by molar-refractivity contribution is 5.64. The molecule has 112 valence electrons. The minimum Gasteiger partial charge on any atom is -0.426 e. The summed E-state index contributed by atoms with van der Waals surface area (Å²) < 4.78 is 15.0. The molecule has 3 rings (SSSR count). The molecule has 1 aliphatic rings. The van der Waals surface area contributed by atoms with Crippen molar-refractivity contribution in [2.75, 3.05) is 13.2 Å². The first-order chi connectivity index (χ1) is 10.8. The van der Waals surface area contributed by atoms with Crippen molar-refractivity contribution in [2.45, 2.75) is 6.61 Å². The second-order valence-electron chi connectivity index (χ2n) is 4.89. The Morgan fingerprint density at radius 1 is 1.00 bits per heavy atom. The van der Waals surface area contributed by atoms with E-state index in [1.807, 2.05) is 30.3 Å². The first kappa shape index (κ1) is 14.4. The van der Waals surface area contributed by atoms with Gasteiger partial charge in [0.25, 0.3) is 0 Å². The predicted octanol–water partition coefficient (Wildman–Crippen LogP) is 3.92. The van der Waals surface area contributed by atoms with E-state index in [2.05, 4.69) is 29.0 Å². The molecule has 1 aliphatic heterocycles. The van der Waals surface area contributed by atoms with Crippen molar-refractivity contribution in [1.29, 1.82) is 0 Å². The summed E-state index contributed by atoms with van der Waals surface area (Å²) in [4.78, 5) is 10.7. The Morgan fingerprint density at radius 3 is 2.41 bits per heavy atom. The number of carbonyl (C=O) groups excluding carboxylic acids is 1. The highest BCUT2D eigenvalue weighted by Crippen LogP contribution is 2.19. The second kappa shape index (κ2) is 6.91. The first-order valence-corrected chi connectivity index (χ1v) is 7.07. The number of rotatable bonds is 5. The van der Waals surface area contributed by atoms with E-state index in [4.69, 9.17) is 9.47 Å².